The van der Waals surface area contributed by atoms with Crippen molar-refractivity contribution in [1.29, 1.82) is 0 Å². The minimum atomic E-state index is 0.685. The smallest absolute Gasteiger partial charge is 0.0713 e. The molecule has 14 heavy (non-hydrogen) atoms. The lowest BCUT2D eigenvalue weighted by atomic mass is 10.1. The topological polar surface area (TPSA) is 9.23 Å². The summed E-state index contributed by atoms with van der Waals surface area (Å²) in [5, 5.41) is 2.10. The van der Waals surface area contributed by atoms with Crippen molar-refractivity contribution in [3.63, 3.8) is 0 Å². The molecule has 0 atom stereocenters. The summed E-state index contributed by atoms with van der Waals surface area (Å²) >= 11 is 1.76. The SMILES string of the molecule is COCc1ccc(-c2cccs2)cc1. The molecule has 2 aromatic rings. The number of methoxy groups -OCH3 is 1. The minimum Gasteiger partial charge on any atom is -0.380 e. The molecule has 72 valence electrons. The fraction of sp³-hybridized carbons (Fsp3) is 0.167. The predicted molar refractivity (Wildman–Crippen MR) is 60.5 cm³/mol. The molecule has 2 rings (SSSR count). The van der Waals surface area contributed by atoms with Crippen molar-refractivity contribution in [3.8, 4) is 10.4 Å². The molecule has 0 aliphatic rings. The number of ether oxygens (including phenoxy) is 1. The molecule has 1 aromatic carbocycles. The molecule has 0 bridgehead atoms. The second-order valence-electron chi connectivity index (χ2n) is 3.11. The molecule has 0 saturated carbocycles. The summed E-state index contributed by atoms with van der Waals surface area (Å²) in [6.45, 7) is 0.685. The van der Waals surface area contributed by atoms with E-state index < -0.39 is 0 Å². The van der Waals surface area contributed by atoms with Crippen LogP contribution in [0, 0.1) is 0 Å². The van der Waals surface area contributed by atoms with Gasteiger partial charge in [0.25, 0.3) is 0 Å². The summed E-state index contributed by atoms with van der Waals surface area (Å²) in [6, 6.07) is 12.7. The molecule has 2 heteroatoms. The molecular formula is C12H12OS. The van der Waals surface area contributed by atoms with Gasteiger partial charge in [0.15, 0.2) is 0 Å². The Bertz CT molecular complexity index is 375. The molecule has 1 nitrogen and oxygen atoms in total. The van der Waals surface area contributed by atoms with Gasteiger partial charge >= 0.3 is 0 Å². The van der Waals surface area contributed by atoms with Gasteiger partial charge in [-0.25, -0.2) is 0 Å². The van der Waals surface area contributed by atoms with E-state index in [9.17, 15) is 0 Å². The van der Waals surface area contributed by atoms with Crippen molar-refractivity contribution < 1.29 is 4.74 Å². The molecule has 0 aliphatic carbocycles. The van der Waals surface area contributed by atoms with Crippen LogP contribution in [-0.2, 0) is 11.3 Å². The maximum absolute atomic E-state index is 5.06. The number of rotatable bonds is 3. The molecule has 1 aromatic heterocycles. The summed E-state index contributed by atoms with van der Waals surface area (Å²) in [5.41, 5.74) is 2.49. The van der Waals surface area contributed by atoms with Crippen molar-refractivity contribution in [1.82, 2.24) is 0 Å². The van der Waals surface area contributed by atoms with E-state index in [0.717, 1.165) is 0 Å². The first kappa shape index (κ1) is 9.44. The van der Waals surface area contributed by atoms with E-state index in [-0.39, 0.29) is 0 Å². The Labute approximate surface area is 88.0 Å². The van der Waals surface area contributed by atoms with Crippen molar-refractivity contribution in [2.75, 3.05) is 7.11 Å². The molecule has 0 fully saturated rings. The maximum atomic E-state index is 5.06. The largest absolute Gasteiger partial charge is 0.380 e. The summed E-state index contributed by atoms with van der Waals surface area (Å²) in [5.74, 6) is 0. The van der Waals surface area contributed by atoms with Gasteiger partial charge in [-0.2, -0.15) is 0 Å². The molecule has 0 radical (unpaired) electrons. The van der Waals surface area contributed by atoms with Crippen LogP contribution < -0.4 is 0 Å². The van der Waals surface area contributed by atoms with Crippen molar-refractivity contribution in [3.05, 3.63) is 47.3 Å². The Morgan fingerprint density at radius 2 is 1.93 bits per heavy atom. The van der Waals surface area contributed by atoms with E-state index in [1.54, 1.807) is 18.4 Å². The molecule has 0 N–H and O–H groups in total. The molecule has 1 heterocycles. The molecule has 0 unspecified atom stereocenters. The summed E-state index contributed by atoms with van der Waals surface area (Å²) in [7, 11) is 1.72. The van der Waals surface area contributed by atoms with Crippen LogP contribution in [0.5, 0.6) is 0 Å². The number of thiophene rings is 1. The highest BCUT2D eigenvalue weighted by Crippen LogP contribution is 2.24. The van der Waals surface area contributed by atoms with Crippen LogP contribution >= 0.6 is 11.3 Å². The first-order valence-corrected chi connectivity index (χ1v) is 5.40. The third-order valence-corrected chi connectivity index (χ3v) is 2.99. The first-order chi connectivity index (χ1) is 6.90. The highest BCUT2D eigenvalue weighted by Gasteiger charge is 1.97. The van der Waals surface area contributed by atoms with Crippen LogP contribution in [0.3, 0.4) is 0 Å². The van der Waals surface area contributed by atoms with Gasteiger partial charge in [-0.1, -0.05) is 30.3 Å². The predicted octanol–water partition coefficient (Wildman–Crippen LogP) is 3.56. The fourth-order valence-corrected chi connectivity index (χ4v) is 2.11. The zero-order valence-corrected chi connectivity index (χ0v) is 8.88. The highest BCUT2D eigenvalue weighted by molar-refractivity contribution is 7.13. The van der Waals surface area contributed by atoms with Crippen molar-refractivity contribution >= 4 is 11.3 Å². The van der Waals surface area contributed by atoms with Crippen LogP contribution in [0.15, 0.2) is 41.8 Å². The standard InChI is InChI=1S/C12H12OS/c1-13-9-10-4-6-11(7-5-10)12-3-2-8-14-12/h2-8H,9H2,1H3. The second kappa shape index (κ2) is 4.40. The average molecular weight is 204 g/mol. The lowest BCUT2D eigenvalue weighted by molar-refractivity contribution is 0.185. The van der Waals surface area contributed by atoms with E-state index in [4.69, 9.17) is 4.74 Å². The molecule has 0 spiro atoms. The van der Waals surface area contributed by atoms with Gasteiger partial charge in [-0.05, 0) is 22.6 Å². The fourth-order valence-electron chi connectivity index (χ4n) is 1.37. The second-order valence-corrected chi connectivity index (χ2v) is 4.05. The summed E-state index contributed by atoms with van der Waals surface area (Å²) in [6.07, 6.45) is 0. The Morgan fingerprint density at radius 3 is 2.50 bits per heavy atom. The van der Waals surface area contributed by atoms with Gasteiger partial charge < -0.3 is 4.74 Å². The highest BCUT2D eigenvalue weighted by atomic mass is 32.1. The molecule has 0 aliphatic heterocycles. The lowest BCUT2D eigenvalue weighted by Crippen LogP contribution is -1.86. The Balaban J connectivity index is 2.22. The molecule has 0 saturated heterocycles. The maximum Gasteiger partial charge on any atom is 0.0713 e. The lowest BCUT2D eigenvalue weighted by Gasteiger charge is -2.01. The van der Waals surface area contributed by atoms with E-state index in [1.165, 1.54) is 16.0 Å². The zero-order valence-electron chi connectivity index (χ0n) is 8.07. The van der Waals surface area contributed by atoms with Crippen LogP contribution in [0.25, 0.3) is 10.4 Å². The van der Waals surface area contributed by atoms with Gasteiger partial charge in [0.2, 0.25) is 0 Å². The molecule has 0 amide bonds. The van der Waals surface area contributed by atoms with Crippen molar-refractivity contribution in [2.45, 2.75) is 6.61 Å². The Hall–Kier alpha value is -1.12. The number of hydrogen-bond acceptors (Lipinski definition) is 2. The van der Waals surface area contributed by atoms with Crippen LogP contribution in [0.1, 0.15) is 5.56 Å². The van der Waals surface area contributed by atoms with Gasteiger partial charge in [0.1, 0.15) is 0 Å². The van der Waals surface area contributed by atoms with Crippen molar-refractivity contribution in [2.24, 2.45) is 0 Å². The van der Waals surface area contributed by atoms with Gasteiger partial charge in [0, 0.05) is 12.0 Å². The Kier molecular flexibility index (Phi) is 2.96. The number of hydrogen-bond donors (Lipinski definition) is 0. The monoisotopic (exact) mass is 204 g/mol. The van der Waals surface area contributed by atoms with E-state index in [1.807, 2.05) is 0 Å². The van der Waals surface area contributed by atoms with E-state index >= 15 is 0 Å². The number of benzene rings is 1. The van der Waals surface area contributed by atoms with Gasteiger partial charge in [0.05, 0.1) is 6.61 Å². The Morgan fingerprint density at radius 1 is 1.14 bits per heavy atom. The van der Waals surface area contributed by atoms with Gasteiger partial charge in [-0.15, -0.1) is 11.3 Å². The zero-order chi connectivity index (χ0) is 9.80. The van der Waals surface area contributed by atoms with Crippen LogP contribution in [-0.4, -0.2) is 7.11 Å². The average Bonchev–Trinajstić information content (AvgIpc) is 2.72. The normalized spacial score (nSPS) is 10.4. The summed E-state index contributed by atoms with van der Waals surface area (Å²) in [4.78, 5) is 1.31. The van der Waals surface area contributed by atoms with E-state index in [2.05, 4.69) is 41.8 Å². The third-order valence-electron chi connectivity index (χ3n) is 2.07. The van der Waals surface area contributed by atoms with E-state index in [0.29, 0.717) is 6.61 Å². The minimum absolute atomic E-state index is 0.685. The van der Waals surface area contributed by atoms with Gasteiger partial charge in [-0.3, -0.25) is 0 Å². The quantitative estimate of drug-likeness (QED) is 0.742. The third kappa shape index (κ3) is 2.03. The summed E-state index contributed by atoms with van der Waals surface area (Å²) < 4.78 is 5.06. The molecular weight excluding hydrogens is 192 g/mol. The first-order valence-electron chi connectivity index (χ1n) is 4.52. The van der Waals surface area contributed by atoms with Crippen LogP contribution in [0.4, 0.5) is 0 Å². The van der Waals surface area contributed by atoms with Crippen LogP contribution in [0.2, 0.25) is 0 Å².